The van der Waals surface area contributed by atoms with E-state index in [4.69, 9.17) is 5.73 Å². The molecule has 2 N–H and O–H groups in total. The SMILES string of the molecule is Cc1cnn(-c2sccc2N)c1. The molecule has 0 saturated carbocycles. The van der Waals surface area contributed by atoms with E-state index in [9.17, 15) is 0 Å². The van der Waals surface area contributed by atoms with E-state index in [1.54, 1.807) is 16.0 Å². The van der Waals surface area contributed by atoms with Crippen LogP contribution in [0.25, 0.3) is 5.00 Å². The van der Waals surface area contributed by atoms with Gasteiger partial charge in [-0.1, -0.05) is 0 Å². The predicted octanol–water partition coefficient (Wildman–Crippen LogP) is 1.82. The lowest BCUT2D eigenvalue weighted by Gasteiger charge is -1.96. The molecule has 2 heterocycles. The molecule has 0 spiro atoms. The monoisotopic (exact) mass is 179 g/mol. The number of nitrogen functional groups attached to an aromatic ring is 1. The Morgan fingerprint density at radius 2 is 2.42 bits per heavy atom. The third-order valence-electron chi connectivity index (χ3n) is 1.59. The summed E-state index contributed by atoms with van der Waals surface area (Å²) >= 11 is 1.59. The minimum atomic E-state index is 0.781. The summed E-state index contributed by atoms with van der Waals surface area (Å²) in [5.74, 6) is 0. The lowest BCUT2D eigenvalue weighted by atomic mass is 10.4. The third kappa shape index (κ3) is 1.10. The summed E-state index contributed by atoms with van der Waals surface area (Å²) in [5.41, 5.74) is 7.65. The molecule has 2 aromatic heterocycles. The highest BCUT2D eigenvalue weighted by atomic mass is 32.1. The molecule has 0 radical (unpaired) electrons. The number of hydrogen-bond donors (Lipinski definition) is 1. The number of anilines is 1. The Kier molecular flexibility index (Phi) is 1.62. The van der Waals surface area contributed by atoms with E-state index in [-0.39, 0.29) is 0 Å². The number of thiophene rings is 1. The number of rotatable bonds is 1. The summed E-state index contributed by atoms with van der Waals surface area (Å²) in [5, 5.41) is 7.12. The van der Waals surface area contributed by atoms with Gasteiger partial charge in [0.2, 0.25) is 0 Å². The average Bonchev–Trinajstić information content (AvgIpc) is 2.58. The zero-order valence-corrected chi connectivity index (χ0v) is 7.51. The van der Waals surface area contributed by atoms with Crippen LogP contribution in [-0.2, 0) is 0 Å². The number of nitrogens with zero attached hydrogens (tertiary/aromatic N) is 2. The zero-order chi connectivity index (χ0) is 8.55. The second kappa shape index (κ2) is 2.64. The smallest absolute Gasteiger partial charge is 0.140 e. The lowest BCUT2D eigenvalue weighted by Crippen LogP contribution is -1.94. The number of aryl methyl sites for hydroxylation is 1. The molecule has 4 heteroatoms. The molecule has 0 aliphatic rings. The van der Waals surface area contributed by atoms with Gasteiger partial charge in [-0.15, -0.1) is 11.3 Å². The highest BCUT2D eigenvalue weighted by Crippen LogP contribution is 2.22. The van der Waals surface area contributed by atoms with Crippen LogP contribution in [0.3, 0.4) is 0 Å². The standard InChI is InChI=1S/C8H9N3S/c1-6-4-10-11(5-6)8-7(9)2-3-12-8/h2-5H,9H2,1H3. The maximum Gasteiger partial charge on any atom is 0.140 e. The minimum absolute atomic E-state index is 0.781. The summed E-state index contributed by atoms with van der Waals surface area (Å²) in [4.78, 5) is 0. The van der Waals surface area contributed by atoms with Crippen molar-refractivity contribution in [2.75, 3.05) is 5.73 Å². The summed E-state index contributed by atoms with van der Waals surface area (Å²) in [6.45, 7) is 2.01. The summed E-state index contributed by atoms with van der Waals surface area (Å²) in [6, 6.07) is 1.89. The van der Waals surface area contributed by atoms with Gasteiger partial charge in [-0.05, 0) is 23.9 Å². The second-order valence-corrected chi connectivity index (χ2v) is 3.54. The highest BCUT2D eigenvalue weighted by Gasteiger charge is 2.02. The fourth-order valence-corrected chi connectivity index (χ4v) is 1.78. The van der Waals surface area contributed by atoms with Gasteiger partial charge in [0, 0.05) is 6.20 Å². The lowest BCUT2D eigenvalue weighted by molar-refractivity contribution is 0.899. The van der Waals surface area contributed by atoms with Gasteiger partial charge in [0.25, 0.3) is 0 Å². The molecule has 0 fully saturated rings. The van der Waals surface area contributed by atoms with E-state index >= 15 is 0 Å². The summed E-state index contributed by atoms with van der Waals surface area (Å²) in [6.07, 6.45) is 3.78. The van der Waals surface area contributed by atoms with Crippen LogP contribution < -0.4 is 5.73 Å². The first-order valence-electron chi connectivity index (χ1n) is 3.62. The molecule has 0 aliphatic carbocycles. The van der Waals surface area contributed by atoms with Gasteiger partial charge >= 0.3 is 0 Å². The van der Waals surface area contributed by atoms with E-state index in [0.717, 1.165) is 16.3 Å². The van der Waals surface area contributed by atoms with Crippen LogP contribution >= 0.6 is 11.3 Å². The van der Waals surface area contributed by atoms with Crippen LogP contribution in [0.5, 0.6) is 0 Å². The molecule has 0 bridgehead atoms. The number of aromatic nitrogens is 2. The van der Waals surface area contributed by atoms with Crippen molar-refractivity contribution in [3.8, 4) is 5.00 Å². The molecule has 0 atom stereocenters. The van der Waals surface area contributed by atoms with Crippen molar-refractivity contribution >= 4 is 17.0 Å². The fourth-order valence-electron chi connectivity index (χ4n) is 1.02. The van der Waals surface area contributed by atoms with Crippen LogP contribution in [0, 0.1) is 6.92 Å². The molecule has 12 heavy (non-hydrogen) atoms. The largest absolute Gasteiger partial charge is 0.396 e. The minimum Gasteiger partial charge on any atom is -0.396 e. The maximum atomic E-state index is 5.73. The van der Waals surface area contributed by atoms with E-state index in [1.807, 2.05) is 30.8 Å². The first-order valence-corrected chi connectivity index (χ1v) is 4.50. The Morgan fingerprint density at radius 3 is 2.92 bits per heavy atom. The van der Waals surface area contributed by atoms with Crippen molar-refractivity contribution in [2.45, 2.75) is 6.92 Å². The topological polar surface area (TPSA) is 43.8 Å². The van der Waals surface area contributed by atoms with Crippen molar-refractivity contribution in [2.24, 2.45) is 0 Å². The maximum absolute atomic E-state index is 5.73. The number of hydrogen-bond acceptors (Lipinski definition) is 3. The Morgan fingerprint density at radius 1 is 1.58 bits per heavy atom. The molecule has 0 aromatic carbocycles. The fraction of sp³-hybridized carbons (Fsp3) is 0.125. The van der Waals surface area contributed by atoms with Crippen molar-refractivity contribution in [3.63, 3.8) is 0 Å². The Labute approximate surface area is 74.4 Å². The molecular formula is C8H9N3S. The van der Waals surface area contributed by atoms with Gasteiger partial charge in [0.05, 0.1) is 11.9 Å². The molecule has 3 nitrogen and oxygen atoms in total. The Bertz CT molecular complexity index is 388. The molecule has 0 saturated heterocycles. The van der Waals surface area contributed by atoms with Gasteiger partial charge in [0.1, 0.15) is 5.00 Å². The molecule has 2 rings (SSSR count). The van der Waals surface area contributed by atoms with E-state index in [1.165, 1.54) is 0 Å². The second-order valence-electron chi connectivity index (χ2n) is 2.64. The van der Waals surface area contributed by atoms with Crippen molar-refractivity contribution in [1.29, 1.82) is 0 Å². The van der Waals surface area contributed by atoms with Crippen LogP contribution in [0.2, 0.25) is 0 Å². The van der Waals surface area contributed by atoms with Crippen LogP contribution in [-0.4, -0.2) is 9.78 Å². The van der Waals surface area contributed by atoms with E-state index in [2.05, 4.69) is 5.10 Å². The van der Waals surface area contributed by atoms with Gasteiger partial charge in [-0.2, -0.15) is 5.10 Å². The van der Waals surface area contributed by atoms with Crippen LogP contribution in [0.15, 0.2) is 23.8 Å². The molecule has 0 amide bonds. The van der Waals surface area contributed by atoms with E-state index in [0.29, 0.717) is 0 Å². The summed E-state index contributed by atoms with van der Waals surface area (Å²) < 4.78 is 1.80. The highest BCUT2D eigenvalue weighted by molar-refractivity contribution is 7.13. The van der Waals surface area contributed by atoms with Crippen LogP contribution in [0.1, 0.15) is 5.56 Å². The number of nitrogens with two attached hydrogens (primary N) is 1. The van der Waals surface area contributed by atoms with Crippen molar-refractivity contribution in [3.05, 3.63) is 29.4 Å². The van der Waals surface area contributed by atoms with Crippen molar-refractivity contribution < 1.29 is 0 Å². The van der Waals surface area contributed by atoms with Gasteiger partial charge in [0.15, 0.2) is 0 Å². The first-order chi connectivity index (χ1) is 5.77. The van der Waals surface area contributed by atoms with Crippen molar-refractivity contribution in [1.82, 2.24) is 9.78 Å². The third-order valence-corrected chi connectivity index (χ3v) is 2.51. The van der Waals surface area contributed by atoms with Gasteiger partial charge in [-0.25, -0.2) is 4.68 Å². The average molecular weight is 179 g/mol. The Hall–Kier alpha value is -1.29. The first kappa shape index (κ1) is 7.36. The Balaban J connectivity index is 2.50. The van der Waals surface area contributed by atoms with Crippen LogP contribution in [0.4, 0.5) is 5.69 Å². The van der Waals surface area contributed by atoms with Gasteiger partial charge in [-0.3, -0.25) is 0 Å². The molecule has 62 valence electrons. The zero-order valence-electron chi connectivity index (χ0n) is 6.69. The summed E-state index contributed by atoms with van der Waals surface area (Å²) in [7, 11) is 0. The molecule has 0 unspecified atom stereocenters. The van der Waals surface area contributed by atoms with Gasteiger partial charge < -0.3 is 5.73 Å². The predicted molar refractivity (Wildman–Crippen MR) is 50.6 cm³/mol. The molecule has 2 aromatic rings. The quantitative estimate of drug-likeness (QED) is 0.725. The normalized spacial score (nSPS) is 10.4. The molecular weight excluding hydrogens is 170 g/mol. The van der Waals surface area contributed by atoms with E-state index < -0.39 is 0 Å². The molecule has 0 aliphatic heterocycles.